The standard InChI is InChI=1S/C22H15ClN2OS/c23-18-13-11-16(12-14-18)20-19(15-7-3-1-4-8-15)24-22(27-20)25-21(26)17-9-5-2-6-10-17/h1-14H,(H,24,25,26). The predicted molar refractivity (Wildman–Crippen MR) is 112 cm³/mol. The summed E-state index contributed by atoms with van der Waals surface area (Å²) in [5.41, 5.74) is 3.45. The van der Waals surface area contributed by atoms with Gasteiger partial charge in [-0.3, -0.25) is 10.1 Å². The van der Waals surface area contributed by atoms with Crippen LogP contribution in [0.25, 0.3) is 21.7 Å². The van der Waals surface area contributed by atoms with E-state index in [1.165, 1.54) is 11.3 Å². The van der Waals surface area contributed by atoms with E-state index in [0.717, 1.165) is 21.7 Å². The van der Waals surface area contributed by atoms with Crippen LogP contribution in [-0.2, 0) is 0 Å². The highest BCUT2D eigenvalue weighted by molar-refractivity contribution is 7.19. The van der Waals surface area contributed by atoms with E-state index in [-0.39, 0.29) is 5.91 Å². The molecule has 0 bridgehead atoms. The number of carbonyl (C=O) groups excluding carboxylic acids is 1. The van der Waals surface area contributed by atoms with Crippen molar-refractivity contribution < 1.29 is 4.79 Å². The Morgan fingerprint density at radius 3 is 2.11 bits per heavy atom. The number of hydrogen-bond acceptors (Lipinski definition) is 3. The van der Waals surface area contributed by atoms with Crippen molar-refractivity contribution >= 4 is 34.0 Å². The van der Waals surface area contributed by atoms with Crippen molar-refractivity contribution in [2.75, 3.05) is 5.32 Å². The molecule has 0 saturated carbocycles. The second kappa shape index (κ2) is 7.74. The average molecular weight is 391 g/mol. The van der Waals surface area contributed by atoms with Gasteiger partial charge in [-0.2, -0.15) is 0 Å². The molecule has 0 aliphatic heterocycles. The maximum atomic E-state index is 12.5. The van der Waals surface area contributed by atoms with Crippen LogP contribution >= 0.6 is 22.9 Å². The topological polar surface area (TPSA) is 42.0 Å². The zero-order valence-electron chi connectivity index (χ0n) is 14.2. The van der Waals surface area contributed by atoms with E-state index in [9.17, 15) is 4.79 Å². The first kappa shape index (κ1) is 17.5. The number of aromatic nitrogens is 1. The molecule has 0 radical (unpaired) electrons. The molecule has 3 nitrogen and oxygen atoms in total. The van der Waals surface area contributed by atoms with Crippen molar-refractivity contribution in [2.24, 2.45) is 0 Å². The summed E-state index contributed by atoms with van der Waals surface area (Å²) >= 11 is 7.48. The van der Waals surface area contributed by atoms with Gasteiger partial charge in [0, 0.05) is 16.1 Å². The third-order valence-corrected chi connectivity index (χ3v) is 5.31. The Balaban J connectivity index is 1.74. The Bertz CT molecular complexity index is 1060. The van der Waals surface area contributed by atoms with Crippen LogP contribution in [0.5, 0.6) is 0 Å². The van der Waals surface area contributed by atoms with Gasteiger partial charge in [-0.1, -0.05) is 83.6 Å². The van der Waals surface area contributed by atoms with Crippen LogP contribution in [0, 0.1) is 0 Å². The number of halogens is 1. The minimum atomic E-state index is -0.174. The third-order valence-electron chi connectivity index (χ3n) is 4.04. The number of thiazole rings is 1. The highest BCUT2D eigenvalue weighted by atomic mass is 35.5. The fraction of sp³-hybridized carbons (Fsp3) is 0. The van der Waals surface area contributed by atoms with E-state index in [1.807, 2.05) is 72.8 Å². The molecule has 0 aliphatic rings. The highest BCUT2D eigenvalue weighted by Gasteiger charge is 2.17. The van der Waals surface area contributed by atoms with E-state index in [1.54, 1.807) is 12.1 Å². The van der Waals surface area contributed by atoms with E-state index in [4.69, 9.17) is 16.6 Å². The molecule has 0 spiro atoms. The van der Waals surface area contributed by atoms with Crippen molar-refractivity contribution in [3.8, 4) is 21.7 Å². The summed E-state index contributed by atoms with van der Waals surface area (Å²) in [6.45, 7) is 0. The molecule has 1 heterocycles. The number of nitrogens with zero attached hydrogens (tertiary/aromatic N) is 1. The SMILES string of the molecule is O=C(Nc1nc(-c2ccccc2)c(-c2ccc(Cl)cc2)s1)c1ccccc1. The van der Waals surface area contributed by atoms with Crippen molar-refractivity contribution in [1.82, 2.24) is 4.98 Å². The Kier molecular flexibility index (Phi) is 5.01. The minimum Gasteiger partial charge on any atom is -0.298 e. The Hall–Kier alpha value is -2.95. The molecular weight excluding hydrogens is 376 g/mol. The summed E-state index contributed by atoms with van der Waals surface area (Å²) in [5, 5.41) is 4.16. The molecule has 0 atom stereocenters. The average Bonchev–Trinajstić information content (AvgIpc) is 3.13. The second-order valence-electron chi connectivity index (χ2n) is 5.89. The van der Waals surface area contributed by atoms with Gasteiger partial charge in [-0.15, -0.1) is 0 Å². The molecule has 27 heavy (non-hydrogen) atoms. The molecule has 4 aromatic rings. The van der Waals surface area contributed by atoms with Crippen LogP contribution < -0.4 is 5.32 Å². The molecule has 0 saturated heterocycles. The molecule has 4 rings (SSSR count). The van der Waals surface area contributed by atoms with Crippen LogP contribution in [-0.4, -0.2) is 10.9 Å². The number of amides is 1. The lowest BCUT2D eigenvalue weighted by Gasteiger charge is -2.02. The predicted octanol–water partition coefficient (Wildman–Crippen LogP) is 6.38. The van der Waals surface area contributed by atoms with Gasteiger partial charge in [0.25, 0.3) is 5.91 Å². The lowest BCUT2D eigenvalue weighted by molar-refractivity contribution is 0.102. The van der Waals surface area contributed by atoms with Crippen LogP contribution in [0.15, 0.2) is 84.9 Å². The first-order valence-electron chi connectivity index (χ1n) is 8.39. The molecular formula is C22H15ClN2OS. The zero-order chi connectivity index (χ0) is 18.6. The summed E-state index contributed by atoms with van der Waals surface area (Å²) in [4.78, 5) is 18.2. The molecule has 0 unspecified atom stereocenters. The van der Waals surface area contributed by atoms with Crippen LogP contribution in [0.1, 0.15) is 10.4 Å². The van der Waals surface area contributed by atoms with E-state index >= 15 is 0 Å². The van der Waals surface area contributed by atoms with Crippen molar-refractivity contribution in [3.63, 3.8) is 0 Å². The van der Waals surface area contributed by atoms with Crippen molar-refractivity contribution in [1.29, 1.82) is 0 Å². The van der Waals surface area contributed by atoms with Gasteiger partial charge in [-0.05, 0) is 29.8 Å². The van der Waals surface area contributed by atoms with Gasteiger partial charge < -0.3 is 0 Å². The third kappa shape index (κ3) is 3.92. The molecule has 132 valence electrons. The summed E-state index contributed by atoms with van der Waals surface area (Å²) in [6.07, 6.45) is 0. The first-order valence-corrected chi connectivity index (χ1v) is 9.59. The summed E-state index contributed by atoms with van der Waals surface area (Å²) in [6, 6.07) is 26.7. The molecule has 1 aromatic heterocycles. The van der Waals surface area contributed by atoms with Crippen molar-refractivity contribution in [3.05, 3.63) is 95.5 Å². The Morgan fingerprint density at radius 2 is 1.44 bits per heavy atom. The van der Waals surface area contributed by atoms with Gasteiger partial charge >= 0.3 is 0 Å². The summed E-state index contributed by atoms with van der Waals surface area (Å²) in [7, 11) is 0. The number of carbonyl (C=O) groups is 1. The largest absolute Gasteiger partial charge is 0.298 e. The smallest absolute Gasteiger partial charge is 0.257 e. The fourth-order valence-corrected chi connectivity index (χ4v) is 3.84. The Morgan fingerprint density at radius 1 is 0.815 bits per heavy atom. The summed E-state index contributed by atoms with van der Waals surface area (Å²) < 4.78 is 0. The van der Waals surface area contributed by atoms with Crippen LogP contribution in [0.2, 0.25) is 5.02 Å². The quantitative estimate of drug-likeness (QED) is 0.439. The van der Waals surface area contributed by atoms with Crippen molar-refractivity contribution in [2.45, 2.75) is 0 Å². The van der Waals surface area contributed by atoms with Crippen LogP contribution in [0.4, 0.5) is 5.13 Å². The van der Waals surface area contributed by atoms with Gasteiger partial charge in [0.05, 0.1) is 10.6 Å². The first-order chi connectivity index (χ1) is 13.2. The Labute approximate surface area is 166 Å². The lowest BCUT2D eigenvalue weighted by atomic mass is 10.1. The van der Waals surface area contributed by atoms with E-state index < -0.39 is 0 Å². The van der Waals surface area contributed by atoms with Gasteiger partial charge in [0.15, 0.2) is 5.13 Å². The van der Waals surface area contributed by atoms with Gasteiger partial charge in [0.1, 0.15) is 0 Å². The highest BCUT2D eigenvalue weighted by Crippen LogP contribution is 2.39. The molecule has 1 N–H and O–H groups in total. The number of rotatable bonds is 4. The minimum absolute atomic E-state index is 0.174. The molecule has 0 fully saturated rings. The maximum absolute atomic E-state index is 12.5. The fourth-order valence-electron chi connectivity index (χ4n) is 2.72. The van der Waals surface area contributed by atoms with E-state index in [2.05, 4.69) is 5.32 Å². The molecule has 0 aliphatic carbocycles. The van der Waals surface area contributed by atoms with E-state index in [0.29, 0.717) is 15.7 Å². The van der Waals surface area contributed by atoms with Crippen LogP contribution in [0.3, 0.4) is 0 Å². The van der Waals surface area contributed by atoms with Gasteiger partial charge in [-0.25, -0.2) is 4.98 Å². The monoisotopic (exact) mass is 390 g/mol. The number of hydrogen-bond donors (Lipinski definition) is 1. The van der Waals surface area contributed by atoms with Gasteiger partial charge in [0.2, 0.25) is 0 Å². The molecule has 5 heteroatoms. The second-order valence-corrected chi connectivity index (χ2v) is 7.33. The summed E-state index contributed by atoms with van der Waals surface area (Å²) in [5.74, 6) is -0.174. The zero-order valence-corrected chi connectivity index (χ0v) is 15.8. The lowest BCUT2D eigenvalue weighted by Crippen LogP contribution is -2.11. The normalized spacial score (nSPS) is 10.6. The number of anilines is 1. The number of benzene rings is 3. The molecule has 3 aromatic carbocycles. The number of nitrogens with one attached hydrogen (secondary N) is 1. The maximum Gasteiger partial charge on any atom is 0.257 e. The molecule has 1 amide bonds.